The predicted molar refractivity (Wildman–Crippen MR) is 226 cm³/mol. The van der Waals surface area contributed by atoms with Gasteiger partial charge in [-0.15, -0.1) is 0 Å². The molecule has 6 aromatic rings. The fraction of sp³-hybridized carbons (Fsp3) is 0.261. The van der Waals surface area contributed by atoms with E-state index in [2.05, 4.69) is 105 Å². The largest absolute Gasteiger partial charge is 0.489 e. The highest BCUT2D eigenvalue weighted by Crippen LogP contribution is 2.29. The SMILES string of the molecule is CN(C)c1ccc(/C=C/c2ccnc3c(OCCOCCOCCOCCOc4cccc5c(/C=C/c6ccc(N(C)C)cc6)ccnc45)cccc23)cc1. The van der Waals surface area contributed by atoms with Crippen LogP contribution in [-0.2, 0) is 14.2 Å². The maximum Gasteiger partial charge on any atom is 0.145 e. The summed E-state index contributed by atoms with van der Waals surface area (Å²) in [6, 6.07) is 33.0. The molecule has 0 unspecified atom stereocenters. The summed E-state index contributed by atoms with van der Waals surface area (Å²) < 4.78 is 29.3. The molecule has 284 valence electrons. The fourth-order valence-electron chi connectivity index (χ4n) is 5.97. The van der Waals surface area contributed by atoms with E-state index in [0.29, 0.717) is 52.9 Å². The minimum atomic E-state index is 0.415. The molecule has 6 rings (SSSR count). The maximum absolute atomic E-state index is 6.06. The van der Waals surface area contributed by atoms with Gasteiger partial charge in [0.15, 0.2) is 0 Å². The highest BCUT2D eigenvalue weighted by molar-refractivity contribution is 5.94. The van der Waals surface area contributed by atoms with Gasteiger partial charge in [0.25, 0.3) is 0 Å². The molecule has 55 heavy (non-hydrogen) atoms. The van der Waals surface area contributed by atoms with Crippen molar-refractivity contribution in [3.8, 4) is 11.5 Å². The van der Waals surface area contributed by atoms with E-state index in [4.69, 9.17) is 23.7 Å². The van der Waals surface area contributed by atoms with E-state index in [1.165, 1.54) is 11.4 Å². The van der Waals surface area contributed by atoms with Crippen molar-refractivity contribution in [2.75, 3.05) is 90.8 Å². The Kier molecular flexibility index (Phi) is 14.2. The smallest absolute Gasteiger partial charge is 0.145 e. The summed E-state index contributed by atoms with van der Waals surface area (Å²) in [7, 11) is 8.16. The van der Waals surface area contributed by atoms with E-state index >= 15 is 0 Å². The first-order valence-electron chi connectivity index (χ1n) is 18.6. The van der Waals surface area contributed by atoms with Gasteiger partial charge in [0.1, 0.15) is 35.7 Å². The van der Waals surface area contributed by atoms with Crippen LogP contribution in [0, 0.1) is 0 Å². The van der Waals surface area contributed by atoms with Crippen molar-refractivity contribution >= 4 is 57.5 Å². The fourth-order valence-corrected chi connectivity index (χ4v) is 5.97. The van der Waals surface area contributed by atoms with E-state index in [-0.39, 0.29) is 0 Å². The number of ether oxygens (including phenoxy) is 5. The summed E-state index contributed by atoms with van der Waals surface area (Å²) in [5.74, 6) is 1.47. The van der Waals surface area contributed by atoms with Gasteiger partial charge < -0.3 is 33.5 Å². The van der Waals surface area contributed by atoms with E-state index in [1.54, 1.807) is 0 Å². The van der Waals surface area contributed by atoms with Gasteiger partial charge in [0.2, 0.25) is 0 Å². The molecule has 0 radical (unpaired) electrons. The monoisotopic (exact) mass is 738 g/mol. The lowest BCUT2D eigenvalue weighted by Gasteiger charge is -2.12. The molecule has 0 N–H and O–H groups in total. The van der Waals surface area contributed by atoms with Crippen LogP contribution in [0.3, 0.4) is 0 Å². The summed E-state index contributed by atoms with van der Waals surface area (Å²) in [5.41, 5.74) is 8.44. The zero-order chi connectivity index (χ0) is 38.2. The van der Waals surface area contributed by atoms with Crippen molar-refractivity contribution in [2.45, 2.75) is 0 Å². The lowest BCUT2D eigenvalue weighted by atomic mass is 10.1. The summed E-state index contributed by atoms with van der Waals surface area (Å²) in [4.78, 5) is 13.4. The summed E-state index contributed by atoms with van der Waals surface area (Å²) in [6.07, 6.45) is 12.1. The van der Waals surface area contributed by atoms with Gasteiger partial charge in [-0.2, -0.15) is 0 Å². The number of aromatic nitrogens is 2. The number of hydrogen-bond donors (Lipinski definition) is 0. The van der Waals surface area contributed by atoms with Gasteiger partial charge in [0, 0.05) is 62.7 Å². The number of fused-ring (bicyclic) bond motifs is 2. The van der Waals surface area contributed by atoms with Crippen LogP contribution in [-0.4, -0.2) is 91.0 Å². The molecule has 0 amide bonds. The molecule has 9 heteroatoms. The summed E-state index contributed by atoms with van der Waals surface area (Å²) >= 11 is 0. The number of anilines is 2. The van der Waals surface area contributed by atoms with Crippen LogP contribution in [0.5, 0.6) is 11.5 Å². The molecule has 0 aliphatic carbocycles. The Balaban J connectivity index is 0.850. The average molecular weight is 739 g/mol. The first kappa shape index (κ1) is 39.0. The lowest BCUT2D eigenvalue weighted by molar-refractivity contribution is 0.00510. The number of nitrogens with zero attached hydrogens (tertiary/aromatic N) is 4. The standard InChI is InChI=1S/C46H50N4O5/c1-49(2)39-19-13-35(14-20-39)11-17-37-23-25-47-45-41(37)7-5-9-43(45)54-33-31-52-29-27-51-28-30-53-32-34-55-44-10-6-8-42-38(24-26-48-46(42)44)18-12-36-15-21-40(22-16-36)50(3)4/h5-26H,27-34H2,1-4H3/b17-11+,18-12+. The number of hydrogen-bond acceptors (Lipinski definition) is 9. The van der Waals surface area contributed by atoms with E-state index in [0.717, 1.165) is 55.6 Å². The molecule has 0 bridgehead atoms. The van der Waals surface area contributed by atoms with Crippen molar-refractivity contribution in [3.05, 3.63) is 132 Å². The van der Waals surface area contributed by atoms with Gasteiger partial charge in [0.05, 0.1) is 39.6 Å². The highest BCUT2D eigenvalue weighted by Gasteiger charge is 2.08. The third-order valence-electron chi connectivity index (χ3n) is 8.98. The average Bonchev–Trinajstić information content (AvgIpc) is 3.21. The zero-order valence-corrected chi connectivity index (χ0v) is 32.2. The van der Waals surface area contributed by atoms with Gasteiger partial charge in [-0.3, -0.25) is 9.97 Å². The topological polar surface area (TPSA) is 78.4 Å². The van der Waals surface area contributed by atoms with Crippen LogP contribution in [0.4, 0.5) is 11.4 Å². The maximum atomic E-state index is 6.06. The predicted octanol–water partition coefficient (Wildman–Crippen LogP) is 8.76. The molecule has 0 aliphatic rings. The Bertz CT molecular complexity index is 2010. The Morgan fingerprint density at radius 2 is 0.818 bits per heavy atom. The molecule has 0 saturated heterocycles. The second kappa shape index (κ2) is 20.1. The number of para-hydroxylation sites is 2. The van der Waals surface area contributed by atoms with Crippen LogP contribution < -0.4 is 19.3 Å². The van der Waals surface area contributed by atoms with Gasteiger partial charge in [-0.25, -0.2) is 0 Å². The molecule has 0 saturated carbocycles. The van der Waals surface area contributed by atoms with Crippen LogP contribution >= 0.6 is 0 Å². The molecule has 2 aromatic heterocycles. The molecular formula is C46H50N4O5. The van der Waals surface area contributed by atoms with Gasteiger partial charge >= 0.3 is 0 Å². The second-order valence-electron chi connectivity index (χ2n) is 13.3. The molecular weight excluding hydrogens is 689 g/mol. The van der Waals surface area contributed by atoms with Crippen LogP contribution in [0.2, 0.25) is 0 Å². The van der Waals surface area contributed by atoms with E-state index < -0.39 is 0 Å². The van der Waals surface area contributed by atoms with Crippen LogP contribution in [0.1, 0.15) is 22.3 Å². The molecule has 0 aliphatic heterocycles. The first-order valence-corrected chi connectivity index (χ1v) is 18.6. The van der Waals surface area contributed by atoms with Crippen molar-refractivity contribution < 1.29 is 23.7 Å². The van der Waals surface area contributed by atoms with Gasteiger partial charge in [-0.05, 0) is 70.8 Å². The molecule has 4 aromatic carbocycles. The first-order chi connectivity index (χ1) is 27.0. The van der Waals surface area contributed by atoms with Gasteiger partial charge in [-0.1, -0.05) is 72.8 Å². The van der Waals surface area contributed by atoms with Crippen LogP contribution in [0.15, 0.2) is 109 Å². The number of pyridine rings is 2. The van der Waals surface area contributed by atoms with E-state index in [1.807, 2.05) is 77.0 Å². The quantitative estimate of drug-likeness (QED) is 0.0715. The summed E-state index contributed by atoms with van der Waals surface area (Å²) in [5, 5.41) is 2.07. The van der Waals surface area contributed by atoms with Crippen molar-refractivity contribution in [1.29, 1.82) is 0 Å². The Morgan fingerprint density at radius 3 is 1.20 bits per heavy atom. The molecule has 9 nitrogen and oxygen atoms in total. The summed E-state index contributed by atoms with van der Waals surface area (Å²) in [6.45, 7) is 3.61. The Morgan fingerprint density at radius 1 is 0.436 bits per heavy atom. The van der Waals surface area contributed by atoms with Crippen molar-refractivity contribution in [2.24, 2.45) is 0 Å². The number of benzene rings is 4. The third-order valence-corrected chi connectivity index (χ3v) is 8.98. The minimum absolute atomic E-state index is 0.415. The van der Waals surface area contributed by atoms with Crippen molar-refractivity contribution in [1.82, 2.24) is 9.97 Å². The lowest BCUT2D eigenvalue weighted by Crippen LogP contribution is -2.14. The number of rotatable bonds is 20. The molecule has 0 spiro atoms. The molecule has 0 fully saturated rings. The normalized spacial score (nSPS) is 11.6. The molecule has 0 atom stereocenters. The highest BCUT2D eigenvalue weighted by atomic mass is 16.6. The Hall–Kier alpha value is -5.74. The Labute approximate surface area is 324 Å². The third kappa shape index (κ3) is 11.1. The van der Waals surface area contributed by atoms with Crippen LogP contribution in [0.25, 0.3) is 46.1 Å². The van der Waals surface area contributed by atoms with Crippen molar-refractivity contribution in [3.63, 3.8) is 0 Å². The van der Waals surface area contributed by atoms with E-state index in [9.17, 15) is 0 Å². The minimum Gasteiger partial charge on any atom is -0.489 e. The molecule has 2 heterocycles. The zero-order valence-electron chi connectivity index (χ0n) is 32.2. The second-order valence-corrected chi connectivity index (χ2v) is 13.3.